The highest BCUT2D eigenvalue weighted by atomic mass is 32.2. The molecular weight excluding hydrogens is 410 g/mol. The Bertz CT molecular complexity index is 1040. The molecule has 31 heavy (non-hydrogen) atoms. The quantitative estimate of drug-likeness (QED) is 0.350. The van der Waals surface area contributed by atoms with Crippen molar-refractivity contribution in [1.82, 2.24) is 4.57 Å². The standard InChI is InChI=1S/C25H21NO4S/c27-21-16-17-22(28)26(21)23(24(29)30)31-25(18-10-4-1-5-11-18,19-12-6-2-7-13-19)20-14-8-3-9-15-20/h1-17,23,27-28H,(H,29,30). The van der Waals surface area contributed by atoms with Crippen LogP contribution in [0.3, 0.4) is 0 Å². The zero-order valence-electron chi connectivity index (χ0n) is 16.5. The van der Waals surface area contributed by atoms with Crippen LogP contribution in [0.5, 0.6) is 11.8 Å². The molecule has 0 bridgehead atoms. The topological polar surface area (TPSA) is 82.7 Å². The summed E-state index contributed by atoms with van der Waals surface area (Å²) in [7, 11) is 0. The zero-order chi connectivity index (χ0) is 21.8. The fraction of sp³-hybridized carbons (Fsp3) is 0.0800. The molecule has 3 aromatic carbocycles. The SMILES string of the molecule is O=C(O)C(SC(c1ccccc1)(c1ccccc1)c1ccccc1)n1c(O)ccc1O. The van der Waals surface area contributed by atoms with E-state index < -0.39 is 16.1 Å². The molecule has 4 rings (SSSR count). The monoisotopic (exact) mass is 431 g/mol. The number of hydrogen-bond acceptors (Lipinski definition) is 4. The summed E-state index contributed by atoms with van der Waals surface area (Å²) in [5, 5.41) is 29.4. The van der Waals surface area contributed by atoms with Crippen LogP contribution < -0.4 is 0 Å². The Labute approximate surface area is 184 Å². The molecule has 0 saturated carbocycles. The van der Waals surface area contributed by atoms with Crippen LogP contribution in [0.15, 0.2) is 103 Å². The summed E-state index contributed by atoms with van der Waals surface area (Å²) >= 11 is 1.13. The predicted molar refractivity (Wildman–Crippen MR) is 121 cm³/mol. The van der Waals surface area contributed by atoms with Gasteiger partial charge in [-0.1, -0.05) is 91.0 Å². The molecule has 0 saturated heterocycles. The van der Waals surface area contributed by atoms with Crippen molar-refractivity contribution in [3.63, 3.8) is 0 Å². The molecule has 4 aromatic rings. The van der Waals surface area contributed by atoms with Gasteiger partial charge in [-0.05, 0) is 16.7 Å². The van der Waals surface area contributed by atoms with Gasteiger partial charge in [-0.25, -0.2) is 4.79 Å². The fourth-order valence-electron chi connectivity index (χ4n) is 3.77. The molecule has 0 amide bonds. The lowest BCUT2D eigenvalue weighted by Gasteiger charge is -2.37. The minimum Gasteiger partial charge on any atom is -0.494 e. The van der Waals surface area contributed by atoms with E-state index in [0.29, 0.717) is 0 Å². The zero-order valence-corrected chi connectivity index (χ0v) is 17.3. The van der Waals surface area contributed by atoms with Crippen molar-refractivity contribution >= 4 is 17.7 Å². The molecule has 0 aliphatic carbocycles. The summed E-state index contributed by atoms with van der Waals surface area (Å²) in [6.45, 7) is 0. The normalized spacial score (nSPS) is 12.4. The van der Waals surface area contributed by atoms with Gasteiger partial charge in [-0.15, -0.1) is 11.8 Å². The Morgan fingerprint density at radius 1 is 0.677 bits per heavy atom. The van der Waals surface area contributed by atoms with Crippen molar-refractivity contribution < 1.29 is 20.1 Å². The van der Waals surface area contributed by atoms with Gasteiger partial charge in [0.25, 0.3) is 0 Å². The van der Waals surface area contributed by atoms with Gasteiger partial charge in [-0.2, -0.15) is 0 Å². The van der Waals surface area contributed by atoms with E-state index in [1.54, 1.807) is 0 Å². The van der Waals surface area contributed by atoms with Crippen LogP contribution in [0.4, 0.5) is 0 Å². The van der Waals surface area contributed by atoms with Gasteiger partial charge in [0.15, 0.2) is 17.1 Å². The molecule has 0 aliphatic heterocycles. The summed E-state index contributed by atoms with van der Waals surface area (Å²) < 4.78 is 0.104. The average Bonchev–Trinajstić information content (AvgIpc) is 3.14. The number of nitrogens with zero attached hydrogens (tertiary/aromatic N) is 1. The van der Waals surface area contributed by atoms with E-state index in [9.17, 15) is 20.1 Å². The van der Waals surface area contributed by atoms with E-state index >= 15 is 0 Å². The van der Waals surface area contributed by atoms with Crippen molar-refractivity contribution in [2.45, 2.75) is 10.1 Å². The highest BCUT2D eigenvalue weighted by Gasteiger charge is 2.42. The first-order valence-electron chi connectivity index (χ1n) is 9.70. The third kappa shape index (κ3) is 3.78. The number of thioether (sulfide) groups is 1. The fourth-order valence-corrected chi connectivity index (χ4v) is 5.34. The third-order valence-corrected chi connectivity index (χ3v) is 6.85. The number of carboxylic acids is 1. The number of aliphatic carboxylic acids is 1. The molecule has 1 aromatic heterocycles. The van der Waals surface area contributed by atoms with E-state index in [1.807, 2.05) is 91.0 Å². The lowest BCUT2D eigenvalue weighted by Crippen LogP contribution is -2.30. The molecule has 0 radical (unpaired) electrons. The van der Waals surface area contributed by atoms with Crippen LogP contribution in [0.25, 0.3) is 0 Å². The average molecular weight is 432 g/mol. The molecule has 0 fully saturated rings. The number of aromatic hydroxyl groups is 2. The van der Waals surface area contributed by atoms with Crippen molar-refractivity contribution in [1.29, 1.82) is 0 Å². The molecule has 0 spiro atoms. The van der Waals surface area contributed by atoms with E-state index in [4.69, 9.17) is 0 Å². The molecule has 0 aliphatic rings. The molecule has 3 N–H and O–H groups in total. The highest BCUT2D eigenvalue weighted by molar-refractivity contribution is 8.01. The second-order valence-electron chi connectivity index (χ2n) is 7.01. The van der Waals surface area contributed by atoms with Crippen LogP contribution in [-0.4, -0.2) is 25.9 Å². The lowest BCUT2D eigenvalue weighted by atomic mass is 9.84. The molecule has 5 nitrogen and oxygen atoms in total. The van der Waals surface area contributed by atoms with Crippen molar-refractivity contribution in [3.05, 3.63) is 120 Å². The van der Waals surface area contributed by atoms with Crippen molar-refractivity contribution in [2.24, 2.45) is 0 Å². The Morgan fingerprint density at radius 2 is 1.03 bits per heavy atom. The van der Waals surface area contributed by atoms with E-state index in [0.717, 1.165) is 33.0 Å². The van der Waals surface area contributed by atoms with Gasteiger partial charge >= 0.3 is 5.97 Å². The van der Waals surface area contributed by atoms with Crippen LogP contribution in [0.1, 0.15) is 22.1 Å². The van der Waals surface area contributed by atoms with Gasteiger partial charge in [0, 0.05) is 12.1 Å². The predicted octanol–water partition coefficient (Wildman–Crippen LogP) is 5.21. The highest BCUT2D eigenvalue weighted by Crippen LogP contribution is 2.54. The molecule has 6 heteroatoms. The third-order valence-electron chi connectivity index (χ3n) is 5.15. The first-order chi connectivity index (χ1) is 15.0. The summed E-state index contributed by atoms with van der Waals surface area (Å²) in [5.74, 6) is -1.82. The first kappa shape index (κ1) is 20.6. The number of benzene rings is 3. The maximum Gasteiger partial charge on any atom is 0.337 e. The van der Waals surface area contributed by atoms with Gasteiger partial charge in [0.05, 0.1) is 4.75 Å². The summed E-state index contributed by atoms with van der Waals surface area (Å²) in [6.07, 6.45) is 0. The van der Waals surface area contributed by atoms with Gasteiger partial charge in [0.1, 0.15) is 0 Å². The molecular formula is C25H21NO4S. The molecule has 1 unspecified atom stereocenters. The van der Waals surface area contributed by atoms with Crippen molar-refractivity contribution in [3.8, 4) is 11.8 Å². The Morgan fingerprint density at radius 3 is 1.35 bits per heavy atom. The second-order valence-corrected chi connectivity index (χ2v) is 8.30. The van der Waals surface area contributed by atoms with Gasteiger partial charge in [-0.3, -0.25) is 4.57 Å². The Kier molecular flexibility index (Phi) is 5.73. The summed E-state index contributed by atoms with van der Waals surface area (Å²) in [4.78, 5) is 12.4. The smallest absolute Gasteiger partial charge is 0.337 e. The first-order valence-corrected chi connectivity index (χ1v) is 10.6. The second kappa shape index (κ2) is 8.62. The van der Waals surface area contributed by atoms with Crippen LogP contribution in [0, 0.1) is 0 Å². The molecule has 1 atom stereocenters. The minimum absolute atomic E-state index is 0.319. The summed E-state index contributed by atoms with van der Waals surface area (Å²) in [5.41, 5.74) is 2.65. The minimum atomic E-state index is -1.30. The lowest BCUT2D eigenvalue weighted by molar-refractivity contribution is -0.138. The number of carboxylic acid groups (broad SMARTS) is 1. The van der Waals surface area contributed by atoms with E-state index in [-0.39, 0.29) is 11.8 Å². The van der Waals surface area contributed by atoms with Crippen LogP contribution in [0.2, 0.25) is 0 Å². The maximum absolute atomic E-state index is 12.4. The van der Waals surface area contributed by atoms with E-state index in [1.165, 1.54) is 12.1 Å². The van der Waals surface area contributed by atoms with Crippen LogP contribution >= 0.6 is 11.8 Å². The largest absolute Gasteiger partial charge is 0.494 e. The van der Waals surface area contributed by atoms with Gasteiger partial charge in [0.2, 0.25) is 0 Å². The van der Waals surface area contributed by atoms with E-state index in [2.05, 4.69) is 0 Å². The number of hydrogen-bond donors (Lipinski definition) is 3. The Hall–Kier alpha value is -3.64. The molecule has 1 heterocycles. The Balaban J connectivity index is 2.01. The number of carbonyl (C=O) groups is 1. The number of rotatable bonds is 7. The van der Waals surface area contributed by atoms with Crippen molar-refractivity contribution in [2.75, 3.05) is 0 Å². The summed E-state index contributed by atoms with van der Waals surface area (Å²) in [6, 6.07) is 31.5. The molecule has 156 valence electrons. The number of aromatic nitrogens is 1. The van der Waals surface area contributed by atoms with Gasteiger partial charge < -0.3 is 15.3 Å². The maximum atomic E-state index is 12.4. The van der Waals surface area contributed by atoms with Crippen LogP contribution in [-0.2, 0) is 9.54 Å².